The molecule has 0 atom stereocenters. The first kappa shape index (κ1) is 14.9. The van der Waals surface area contributed by atoms with E-state index < -0.39 is 5.91 Å². The maximum atomic E-state index is 11.7. The second-order valence-electron chi connectivity index (χ2n) is 4.68. The van der Waals surface area contributed by atoms with Gasteiger partial charge in [-0.25, -0.2) is 4.99 Å². The van der Waals surface area contributed by atoms with E-state index in [4.69, 9.17) is 17.3 Å². The van der Waals surface area contributed by atoms with E-state index in [9.17, 15) is 4.79 Å². The molecule has 0 bridgehead atoms. The molecule has 5 N–H and O–H groups in total. The van der Waals surface area contributed by atoms with E-state index in [1.54, 1.807) is 36.7 Å². The summed E-state index contributed by atoms with van der Waals surface area (Å²) in [5.41, 5.74) is 7.10. The number of hydrogen-bond acceptors (Lipinski definition) is 4. The van der Waals surface area contributed by atoms with Crippen molar-refractivity contribution in [1.82, 2.24) is 15.2 Å². The first-order valence-electron chi connectivity index (χ1n) is 6.71. The van der Waals surface area contributed by atoms with Crippen LogP contribution >= 0.6 is 11.6 Å². The number of carbonyl (C=O) groups is 1. The molecule has 0 radical (unpaired) electrons. The SMILES string of the molecule is NC(=O)c1c(N=Cc2ccc[nH]2)n[nH]c1Nc1cccc(Cl)c1. The molecule has 0 unspecified atom stereocenters. The maximum Gasteiger partial charge on any atom is 0.256 e. The average molecular weight is 329 g/mol. The zero-order valence-corrected chi connectivity index (χ0v) is 12.6. The standard InChI is InChI=1S/C15H13ClN6O/c16-9-3-1-4-10(7-9)20-15-12(13(17)23)14(21-22-15)19-8-11-5-2-6-18-11/h1-8,18H,(H2,17,23)(H2,20,21,22). The van der Waals surface area contributed by atoms with Crippen molar-refractivity contribution in [1.29, 1.82) is 0 Å². The van der Waals surface area contributed by atoms with Crippen LogP contribution in [0.5, 0.6) is 0 Å². The van der Waals surface area contributed by atoms with Gasteiger partial charge in [-0.2, -0.15) is 5.10 Å². The molecule has 3 rings (SSSR count). The number of carbonyl (C=O) groups excluding carboxylic acids is 1. The van der Waals surface area contributed by atoms with Crippen molar-refractivity contribution in [2.75, 3.05) is 5.32 Å². The number of aliphatic imine (C=N–C) groups is 1. The van der Waals surface area contributed by atoms with E-state index in [0.717, 1.165) is 5.69 Å². The third kappa shape index (κ3) is 3.41. The Morgan fingerprint density at radius 2 is 2.22 bits per heavy atom. The van der Waals surface area contributed by atoms with Crippen LogP contribution in [0.1, 0.15) is 16.1 Å². The summed E-state index contributed by atoms with van der Waals surface area (Å²) in [4.78, 5) is 18.9. The molecule has 2 heterocycles. The van der Waals surface area contributed by atoms with Crippen LogP contribution in [0.15, 0.2) is 47.6 Å². The molecule has 0 aliphatic rings. The second-order valence-corrected chi connectivity index (χ2v) is 5.12. The van der Waals surface area contributed by atoms with Crippen molar-refractivity contribution in [2.24, 2.45) is 10.7 Å². The molecule has 2 aromatic heterocycles. The highest BCUT2D eigenvalue weighted by Crippen LogP contribution is 2.27. The number of aromatic nitrogens is 3. The van der Waals surface area contributed by atoms with Gasteiger partial charge < -0.3 is 16.0 Å². The Morgan fingerprint density at radius 3 is 2.91 bits per heavy atom. The molecule has 0 fully saturated rings. The highest BCUT2D eigenvalue weighted by Gasteiger charge is 2.18. The fraction of sp³-hybridized carbons (Fsp3) is 0. The Morgan fingerprint density at radius 1 is 1.35 bits per heavy atom. The van der Waals surface area contributed by atoms with Crippen molar-refractivity contribution < 1.29 is 4.79 Å². The number of primary amides is 1. The Balaban J connectivity index is 1.91. The number of nitrogens with one attached hydrogen (secondary N) is 3. The molecule has 116 valence electrons. The fourth-order valence-electron chi connectivity index (χ4n) is 2.02. The number of rotatable bonds is 5. The van der Waals surface area contributed by atoms with E-state index in [1.165, 1.54) is 0 Å². The summed E-state index contributed by atoms with van der Waals surface area (Å²) in [7, 11) is 0. The predicted molar refractivity (Wildman–Crippen MR) is 89.9 cm³/mol. The Bertz CT molecular complexity index is 853. The van der Waals surface area contributed by atoms with Gasteiger partial charge in [0.15, 0.2) is 5.82 Å². The van der Waals surface area contributed by atoms with Crippen LogP contribution in [-0.2, 0) is 0 Å². The van der Waals surface area contributed by atoms with Gasteiger partial charge in [0, 0.05) is 16.9 Å². The highest BCUT2D eigenvalue weighted by molar-refractivity contribution is 6.30. The van der Waals surface area contributed by atoms with Gasteiger partial charge in [-0.1, -0.05) is 17.7 Å². The van der Waals surface area contributed by atoms with Gasteiger partial charge in [-0.15, -0.1) is 0 Å². The third-order valence-electron chi connectivity index (χ3n) is 3.04. The van der Waals surface area contributed by atoms with Gasteiger partial charge in [-0.05, 0) is 30.3 Å². The number of halogens is 1. The molecule has 3 aromatic rings. The number of amides is 1. The lowest BCUT2D eigenvalue weighted by atomic mass is 10.2. The van der Waals surface area contributed by atoms with Crippen molar-refractivity contribution in [3.63, 3.8) is 0 Å². The minimum absolute atomic E-state index is 0.174. The molecular formula is C15H13ClN6O. The molecule has 0 aliphatic carbocycles. The molecule has 23 heavy (non-hydrogen) atoms. The first-order valence-corrected chi connectivity index (χ1v) is 7.09. The van der Waals surface area contributed by atoms with Crippen LogP contribution in [0.3, 0.4) is 0 Å². The highest BCUT2D eigenvalue weighted by atomic mass is 35.5. The number of benzene rings is 1. The predicted octanol–water partition coefficient (Wildman–Crippen LogP) is 2.98. The van der Waals surface area contributed by atoms with E-state index >= 15 is 0 Å². The molecule has 0 spiro atoms. The van der Waals surface area contributed by atoms with Gasteiger partial charge in [0.1, 0.15) is 11.4 Å². The van der Waals surface area contributed by atoms with Gasteiger partial charge in [-0.3, -0.25) is 9.89 Å². The molecule has 0 saturated heterocycles. The summed E-state index contributed by atoms with van der Waals surface area (Å²) in [6.45, 7) is 0. The average Bonchev–Trinajstić information content (AvgIpc) is 3.14. The van der Waals surface area contributed by atoms with Crippen LogP contribution in [0, 0.1) is 0 Å². The first-order chi connectivity index (χ1) is 11.1. The van der Waals surface area contributed by atoms with E-state index in [2.05, 4.69) is 25.5 Å². The van der Waals surface area contributed by atoms with Crippen molar-refractivity contribution >= 4 is 41.0 Å². The van der Waals surface area contributed by atoms with Crippen LogP contribution in [0.4, 0.5) is 17.3 Å². The smallest absolute Gasteiger partial charge is 0.256 e. The van der Waals surface area contributed by atoms with E-state index in [0.29, 0.717) is 16.5 Å². The molecular weight excluding hydrogens is 316 g/mol. The number of anilines is 2. The van der Waals surface area contributed by atoms with Crippen LogP contribution in [-0.4, -0.2) is 27.3 Å². The second kappa shape index (κ2) is 6.37. The van der Waals surface area contributed by atoms with Crippen LogP contribution in [0.2, 0.25) is 5.02 Å². The minimum atomic E-state index is -0.637. The molecule has 1 aromatic carbocycles. The number of hydrogen-bond donors (Lipinski definition) is 4. The van der Waals surface area contributed by atoms with Crippen LogP contribution in [0.25, 0.3) is 0 Å². The minimum Gasteiger partial charge on any atom is -0.365 e. The molecule has 0 aliphatic heterocycles. The van der Waals surface area contributed by atoms with Gasteiger partial charge >= 0.3 is 0 Å². The summed E-state index contributed by atoms with van der Waals surface area (Å²) in [5.74, 6) is -0.0723. The Labute approximate surface area is 136 Å². The lowest BCUT2D eigenvalue weighted by molar-refractivity contribution is 0.100. The van der Waals surface area contributed by atoms with Crippen LogP contribution < -0.4 is 11.1 Å². The Hall–Kier alpha value is -3.06. The quantitative estimate of drug-likeness (QED) is 0.540. The summed E-state index contributed by atoms with van der Waals surface area (Å²) < 4.78 is 0. The lowest BCUT2D eigenvalue weighted by Crippen LogP contribution is -2.12. The normalized spacial score (nSPS) is 11.0. The monoisotopic (exact) mass is 328 g/mol. The summed E-state index contributed by atoms with van der Waals surface area (Å²) in [5, 5.41) is 10.3. The topological polar surface area (TPSA) is 112 Å². The van der Waals surface area contributed by atoms with Crippen molar-refractivity contribution in [3.05, 3.63) is 58.9 Å². The zero-order valence-electron chi connectivity index (χ0n) is 11.9. The molecule has 1 amide bonds. The van der Waals surface area contributed by atoms with Crippen molar-refractivity contribution in [2.45, 2.75) is 0 Å². The summed E-state index contributed by atoms with van der Waals surface area (Å²) in [6.07, 6.45) is 3.33. The summed E-state index contributed by atoms with van der Waals surface area (Å²) >= 11 is 5.94. The zero-order chi connectivity index (χ0) is 16.2. The van der Waals surface area contributed by atoms with Gasteiger partial charge in [0.05, 0.1) is 11.9 Å². The number of nitrogens with zero attached hydrogens (tertiary/aromatic N) is 2. The largest absolute Gasteiger partial charge is 0.365 e. The van der Waals surface area contributed by atoms with Crippen molar-refractivity contribution in [3.8, 4) is 0 Å². The van der Waals surface area contributed by atoms with E-state index in [1.807, 2.05) is 12.1 Å². The fourth-order valence-corrected chi connectivity index (χ4v) is 2.21. The number of nitrogens with two attached hydrogens (primary N) is 1. The van der Waals surface area contributed by atoms with Gasteiger partial charge in [0.2, 0.25) is 0 Å². The van der Waals surface area contributed by atoms with E-state index in [-0.39, 0.29) is 11.4 Å². The number of H-pyrrole nitrogens is 2. The molecule has 8 heteroatoms. The maximum absolute atomic E-state index is 11.7. The lowest BCUT2D eigenvalue weighted by Gasteiger charge is -2.05. The third-order valence-corrected chi connectivity index (χ3v) is 3.27. The number of aromatic amines is 2. The van der Waals surface area contributed by atoms with Gasteiger partial charge in [0.25, 0.3) is 5.91 Å². The summed E-state index contributed by atoms with van der Waals surface area (Å²) in [6, 6.07) is 10.7. The molecule has 0 saturated carbocycles. The molecule has 7 nitrogen and oxygen atoms in total. The Kier molecular flexibility index (Phi) is 4.11.